The maximum Gasteiger partial charge on any atom is 0.129 e. The lowest BCUT2D eigenvalue weighted by Gasteiger charge is -1.95. The molecule has 0 bridgehead atoms. The summed E-state index contributed by atoms with van der Waals surface area (Å²) in [4.78, 5) is 0. The number of aryl methyl sites for hydroxylation is 3. The van der Waals surface area contributed by atoms with Gasteiger partial charge in [-0.3, -0.25) is 0 Å². The second-order valence-electron chi connectivity index (χ2n) is 5.45. The normalized spacial score (nSPS) is 9.07. The summed E-state index contributed by atoms with van der Waals surface area (Å²) in [5.74, 6) is 1.92. The SMILES string of the molecule is CC.CC.CC.Cc1nnc(C)n1C.Cn1c2ccccc2c2ccccc21. The van der Waals surface area contributed by atoms with E-state index in [9.17, 15) is 0 Å². The first-order valence-corrected chi connectivity index (χ1v) is 10.3. The fraction of sp³-hybridized carbons (Fsp3) is 0.417. The quantitative estimate of drug-likeness (QED) is 0.334. The zero-order chi connectivity index (χ0) is 21.7. The van der Waals surface area contributed by atoms with Crippen LogP contribution in [0, 0.1) is 13.8 Å². The van der Waals surface area contributed by atoms with Crippen LogP contribution in [0.25, 0.3) is 21.8 Å². The summed E-state index contributed by atoms with van der Waals surface area (Å²) >= 11 is 0. The molecular formula is C24H38N4. The predicted molar refractivity (Wildman–Crippen MR) is 125 cm³/mol. The Bertz CT molecular complexity index is 859. The Morgan fingerprint density at radius 1 is 0.536 bits per heavy atom. The van der Waals surface area contributed by atoms with E-state index in [2.05, 4.69) is 70.3 Å². The lowest BCUT2D eigenvalue weighted by Crippen LogP contribution is -1.92. The van der Waals surface area contributed by atoms with Crippen LogP contribution in [0.5, 0.6) is 0 Å². The van der Waals surface area contributed by atoms with E-state index in [1.165, 1.54) is 21.8 Å². The second kappa shape index (κ2) is 13.5. The molecule has 0 unspecified atom stereocenters. The lowest BCUT2D eigenvalue weighted by molar-refractivity contribution is 0.823. The largest absolute Gasteiger partial charge is 0.344 e. The van der Waals surface area contributed by atoms with Crippen LogP contribution in [0.3, 0.4) is 0 Å². The summed E-state index contributed by atoms with van der Waals surface area (Å²) in [5.41, 5.74) is 2.60. The Hall–Kier alpha value is -2.62. The topological polar surface area (TPSA) is 35.6 Å². The molecule has 28 heavy (non-hydrogen) atoms. The van der Waals surface area contributed by atoms with Crippen LogP contribution in [0.15, 0.2) is 48.5 Å². The molecule has 2 aromatic carbocycles. The molecule has 0 N–H and O–H groups in total. The van der Waals surface area contributed by atoms with Gasteiger partial charge in [0.2, 0.25) is 0 Å². The molecule has 0 aliphatic rings. The van der Waals surface area contributed by atoms with Crippen LogP contribution in [0.4, 0.5) is 0 Å². The van der Waals surface area contributed by atoms with Gasteiger partial charge in [0, 0.05) is 35.9 Å². The number of benzene rings is 2. The predicted octanol–water partition coefficient (Wildman–Crippen LogP) is 6.84. The lowest BCUT2D eigenvalue weighted by atomic mass is 10.2. The molecule has 154 valence electrons. The Balaban J connectivity index is 0.000000448. The summed E-state index contributed by atoms with van der Waals surface area (Å²) in [7, 11) is 4.06. The molecule has 4 rings (SSSR count). The fourth-order valence-electron chi connectivity index (χ4n) is 2.63. The van der Waals surface area contributed by atoms with Gasteiger partial charge in [0.15, 0.2) is 0 Å². The molecule has 2 aromatic heterocycles. The second-order valence-corrected chi connectivity index (χ2v) is 5.45. The van der Waals surface area contributed by atoms with Gasteiger partial charge in [0.1, 0.15) is 11.6 Å². The van der Waals surface area contributed by atoms with Crippen LogP contribution >= 0.6 is 0 Å². The Morgan fingerprint density at radius 2 is 0.857 bits per heavy atom. The number of nitrogens with zero attached hydrogens (tertiary/aromatic N) is 4. The Labute approximate surface area is 171 Å². The van der Waals surface area contributed by atoms with E-state index in [0.29, 0.717) is 0 Å². The van der Waals surface area contributed by atoms with Gasteiger partial charge in [-0.05, 0) is 26.0 Å². The smallest absolute Gasteiger partial charge is 0.129 e. The third-order valence-corrected chi connectivity index (χ3v) is 4.13. The standard InChI is InChI=1S/C13H11N.C5H9N3.3C2H6/c1-14-12-8-4-2-6-10(12)11-7-3-5-9-13(11)14;1-4-6-7-5(2)8(4)3;3*1-2/h2-9H,1H3;1-3H3;3*1-2H3. The van der Waals surface area contributed by atoms with Crippen molar-refractivity contribution in [3.63, 3.8) is 0 Å². The molecule has 0 fully saturated rings. The van der Waals surface area contributed by atoms with Crippen molar-refractivity contribution in [2.75, 3.05) is 0 Å². The van der Waals surface area contributed by atoms with Crippen LogP contribution in [0.2, 0.25) is 0 Å². The highest BCUT2D eigenvalue weighted by molar-refractivity contribution is 6.07. The number of hydrogen-bond acceptors (Lipinski definition) is 2. The van der Waals surface area contributed by atoms with Gasteiger partial charge in [-0.15, -0.1) is 10.2 Å². The van der Waals surface area contributed by atoms with E-state index in [-0.39, 0.29) is 0 Å². The minimum absolute atomic E-state index is 0.961. The molecule has 4 nitrogen and oxygen atoms in total. The number of para-hydroxylation sites is 2. The first-order valence-electron chi connectivity index (χ1n) is 10.3. The summed E-state index contributed by atoms with van der Waals surface area (Å²) in [6.07, 6.45) is 0. The van der Waals surface area contributed by atoms with Crippen molar-refractivity contribution < 1.29 is 0 Å². The van der Waals surface area contributed by atoms with Crippen molar-refractivity contribution in [3.8, 4) is 0 Å². The molecule has 0 saturated carbocycles. The van der Waals surface area contributed by atoms with Crippen molar-refractivity contribution >= 4 is 21.8 Å². The molecule has 2 heterocycles. The number of aromatic nitrogens is 4. The highest BCUT2D eigenvalue weighted by Crippen LogP contribution is 2.26. The zero-order valence-corrected chi connectivity index (χ0v) is 19.4. The van der Waals surface area contributed by atoms with Gasteiger partial charge < -0.3 is 9.13 Å². The van der Waals surface area contributed by atoms with Gasteiger partial charge in [0.25, 0.3) is 0 Å². The van der Waals surface area contributed by atoms with E-state index < -0.39 is 0 Å². The van der Waals surface area contributed by atoms with E-state index in [0.717, 1.165) is 11.6 Å². The molecule has 0 aliphatic heterocycles. The summed E-state index contributed by atoms with van der Waals surface area (Å²) in [5, 5.41) is 10.3. The van der Waals surface area contributed by atoms with Crippen molar-refractivity contribution in [2.45, 2.75) is 55.4 Å². The van der Waals surface area contributed by atoms with Crippen molar-refractivity contribution in [1.29, 1.82) is 0 Å². The van der Waals surface area contributed by atoms with Crippen molar-refractivity contribution in [2.24, 2.45) is 14.1 Å². The highest BCUT2D eigenvalue weighted by Gasteiger charge is 2.04. The maximum absolute atomic E-state index is 3.83. The van der Waals surface area contributed by atoms with Gasteiger partial charge in [0.05, 0.1) is 0 Å². The van der Waals surface area contributed by atoms with Gasteiger partial charge in [-0.1, -0.05) is 77.9 Å². The van der Waals surface area contributed by atoms with Gasteiger partial charge in [-0.25, -0.2) is 0 Å². The minimum Gasteiger partial charge on any atom is -0.344 e. The highest BCUT2D eigenvalue weighted by atomic mass is 15.3. The summed E-state index contributed by atoms with van der Waals surface area (Å²) < 4.78 is 4.19. The molecular weight excluding hydrogens is 344 g/mol. The van der Waals surface area contributed by atoms with Crippen LogP contribution in [-0.4, -0.2) is 19.3 Å². The molecule has 0 amide bonds. The summed E-state index contributed by atoms with van der Waals surface area (Å²) in [6.45, 7) is 15.9. The fourth-order valence-corrected chi connectivity index (χ4v) is 2.63. The summed E-state index contributed by atoms with van der Waals surface area (Å²) in [6, 6.07) is 17.0. The minimum atomic E-state index is 0.961. The van der Waals surface area contributed by atoms with E-state index >= 15 is 0 Å². The molecule has 0 spiro atoms. The van der Waals surface area contributed by atoms with Crippen LogP contribution in [-0.2, 0) is 14.1 Å². The van der Waals surface area contributed by atoms with Crippen LogP contribution < -0.4 is 0 Å². The Kier molecular flexibility index (Phi) is 12.3. The first kappa shape index (κ1) is 25.4. The first-order chi connectivity index (χ1) is 13.6. The third-order valence-electron chi connectivity index (χ3n) is 4.13. The monoisotopic (exact) mass is 382 g/mol. The van der Waals surface area contributed by atoms with Crippen molar-refractivity contribution in [3.05, 3.63) is 60.2 Å². The number of fused-ring (bicyclic) bond motifs is 3. The van der Waals surface area contributed by atoms with E-state index in [4.69, 9.17) is 0 Å². The molecule has 0 radical (unpaired) electrons. The third kappa shape index (κ3) is 5.95. The van der Waals surface area contributed by atoms with E-state index in [1.54, 1.807) is 0 Å². The van der Waals surface area contributed by atoms with E-state index in [1.807, 2.05) is 67.0 Å². The van der Waals surface area contributed by atoms with Crippen molar-refractivity contribution in [1.82, 2.24) is 19.3 Å². The van der Waals surface area contributed by atoms with Gasteiger partial charge in [-0.2, -0.15) is 0 Å². The van der Waals surface area contributed by atoms with Crippen LogP contribution in [0.1, 0.15) is 53.2 Å². The average Bonchev–Trinajstić information content (AvgIpc) is 3.24. The zero-order valence-electron chi connectivity index (χ0n) is 19.4. The maximum atomic E-state index is 3.83. The molecule has 4 heteroatoms. The molecule has 0 atom stereocenters. The number of hydrogen-bond donors (Lipinski definition) is 0. The molecule has 4 aromatic rings. The van der Waals surface area contributed by atoms with Gasteiger partial charge >= 0.3 is 0 Å². The number of rotatable bonds is 0. The molecule has 0 saturated heterocycles. The average molecular weight is 383 g/mol. The Morgan fingerprint density at radius 3 is 1.14 bits per heavy atom. The molecule has 0 aliphatic carbocycles.